The molecule has 0 fully saturated rings. The molecule has 4 aromatic rings. The fourth-order valence-electron chi connectivity index (χ4n) is 7.37. The Morgan fingerprint density at radius 3 is 1.46 bits per heavy atom. The highest BCUT2D eigenvalue weighted by molar-refractivity contribution is 8.02. The van der Waals surface area contributed by atoms with Crippen molar-refractivity contribution in [3.05, 3.63) is 119 Å². The van der Waals surface area contributed by atoms with Gasteiger partial charge in [-0.15, -0.1) is 23.5 Å². The number of carbonyl (C=O) groups is 3. The topological polar surface area (TPSA) is 225 Å². The van der Waals surface area contributed by atoms with Gasteiger partial charge in [-0.25, -0.2) is 32.3 Å². The predicted molar refractivity (Wildman–Crippen MR) is 270 cm³/mol. The standard InChI is InChI=1S/C26H33F2N5O3S.C21H25F2N5OS.C2H6/c1-24(2,3)36-23(35)32-22-25(4,5)37-20(11-12-29)26(6,33-22)17-13-16(8-9-18(17)28)31-21(34)19-10-7-15(27)14-30-19;1-20(2)19(25)28-21(3,17(30-20)8-9-24)14-10-13(5-6-15(14)23)27-18(29)16-7-4-12(22)11-26-16;1-2/h7-10,13-14,20H,11-12,29H2,1-6H3,(H,31,34)(H,32,33,35);4-7,10-11,17H,8-9,24H2,1-3H3,(H2,25,28)(H,27,29);1-2H3/t20-,26+;17?,21-;/m01./s1. The van der Waals surface area contributed by atoms with E-state index in [-0.39, 0.29) is 27.5 Å². The first-order chi connectivity index (χ1) is 32.2. The van der Waals surface area contributed by atoms with Crippen molar-refractivity contribution in [1.82, 2.24) is 15.3 Å². The quantitative estimate of drug-likeness (QED) is 0.0821. The van der Waals surface area contributed by atoms with Crippen LogP contribution in [-0.2, 0) is 15.8 Å². The second-order valence-corrected chi connectivity index (χ2v) is 21.9. The van der Waals surface area contributed by atoms with Crippen LogP contribution in [0.25, 0.3) is 0 Å². The summed E-state index contributed by atoms with van der Waals surface area (Å²) < 4.78 is 60.9. The van der Waals surface area contributed by atoms with Gasteiger partial charge in [0.1, 0.15) is 51.9 Å². The van der Waals surface area contributed by atoms with E-state index in [4.69, 9.17) is 31.9 Å². The van der Waals surface area contributed by atoms with E-state index in [1.807, 2.05) is 48.5 Å². The number of nitrogens with one attached hydrogen (secondary N) is 3. The number of pyridine rings is 2. The first-order valence-corrected chi connectivity index (χ1v) is 24.1. The molecule has 4 heterocycles. The largest absolute Gasteiger partial charge is 0.444 e. The molecule has 0 saturated heterocycles. The van der Waals surface area contributed by atoms with E-state index in [0.29, 0.717) is 54.5 Å². The number of nitrogens with two attached hydrogens (primary N) is 3. The molecule has 0 radical (unpaired) electrons. The number of anilines is 2. The summed E-state index contributed by atoms with van der Waals surface area (Å²) in [6.07, 6.45) is 2.40. The summed E-state index contributed by atoms with van der Waals surface area (Å²) in [7, 11) is 0. The average molecular weight is 997 g/mol. The third-order valence-electron chi connectivity index (χ3n) is 10.9. The Morgan fingerprint density at radius 1 is 0.652 bits per heavy atom. The van der Waals surface area contributed by atoms with Gasteiger partial charge in [-0.2, -0.15) is 0 Å². The normalized spacial score (nSPS) is 21.4. The molecule has 20 heteroatoms. The highest BCUT2D eigenvalue weighted by atomic mass is 32.2. The van der Waals surface area contributed by atoms with E-state index in [1.165, 1.54) is 54.2 Å². The highest BCUT2D eigenvalue weighted by Crippen LogP contribution is 2.50. The number of carbonyl (C=O) groups excluding carboxylic acids is 3. The van der Waals surface area contributed by atoms with E-state index >= 15 is 4.39 Å². The van der Waals surface area contributed by atoms with E-state index in [0.717, 1.165) is 24.5 Å². The zero-order chi connectivity index (χ0) is 51.7. The number of hydrogen-bond acceptors (Lipinski definition) is 13. The van der Waals surface area contributed by atoms with Crippen LogP contribution in [0.2, 0.25) is 0 Å². The van der Waals surface area contributed by atoms with Gasteiger partial charge in [-0.1, -0.05) is 13.8 Å². The predicted octanol–water partition coefficient (Wildman–Crippen LogP) is 9.45. The molecule has 374 valence electrons. The summed E-state index contributed by atoms with van der Waals surface area (Å²) in [5.74, 6) is -2.42. The van der Waals surface area contributed by atoms with Gasteiger partial charge in [-0.3, -0.25) is 24.9 Å². The van der Waals surface area contributed by atoms with Crippen molar-refractivity contribution in [2.24, 2.45) is 27.2 Å². The van der Waals surface area contributed by atoms with E-state index in [1.54, 1.807) is 45.5 Å². The molecule has 2 aromatic heterocycles. The van der Waals surface area contributed by atoms with Crippen LogP contribution in [-0.4, -0.2) is 78.2 Å². The lowest BCUT2D eigenvalue weighted by Crippen LogP contribution is -2.53. The maximum atomic E-state index is 15.3. The lowest BCUT2D eigenvalue weighted by atomic mass is 9.85. The van der Waals surface area contributed by atoms with Crippen LogP contribution in [0.1, 0.15) is 121 Å². The molecule has 9 N–H and O–H groups in total. The molecular weight excluding hydrogens is 933 g/mol. The smallest absolute Gasteiger partial charge is 0.413 e. The van der Waals surface area contributed by atoms with Crippen LogP contribution in [0.15, 0.2) is 83.0 Å². The maximum absolute atomic E-state index is 15.3. The number of alkyl carbamates (subject to hydrolysis) is 1. The molecule has 0 saturated carbocycles. The van der Waals surface area contributed by atoms with Gasteiger partial charge in [0.05, 0.1) is 33.0 Å². The third-order valence-corrected chi connectivity index (χ3v) is 14.5. The number of benzene rings is 2. The van der Waals surface area contributed by atoms with E-state index < -0.39 is 67.3 Å². The van der Waals surface area contributed by atoms with E-state index in [9.17, 15) is 27.6 Å². The van der Waals surface area contributed by atoms with Gasteiger partial charge >= 0.3 is 6.09 Å². The molecule has 0 bridgehead atoms. The number of aromatic nitrogens is 2. The summed E-state index contributed by atoms with van der Waals surface area (Å²) in [6.45, 7) is 21.4. The first kappa shape index (κ1) is 56.0. The number of hydrogen-bond donors (Lipinski definition) is 6. The lowest BCUT2D eigenvalue weighted by Gasteiger charge is -2.45. The molecule has 14 nitrogen and oxygen atoms in total. The van der Waals surface area contributed by atoms with Crippen molar-refractivity contribution in [2.75, 3.05) is 23.7 Å². The van der Waals surface area contributed by atoms with Crippen molar-refractivity contribution >= 4 is 64.5 Å². The Kier molecular flexibility index (Phi) is 18.6. The van der Waals surface area contributed by atoms with Crippen LogP contribution >= 0.6 is 23.5 Å². The van der Waals surface area contributed by atoms with E-state index in [2.05, 4.69) is 25.9 Å². The maximum Gasteiger partial charge on any atom is 0.413 e. The molecule has 4 atom stereocenters. The number of amides is 3. The summed E-state index contributed by atoms with van der Waals surface area (Å²) in [4.78, 5) is 54.7. The first-order valence-electron chi connectivity index (χ1n) is 22.4. The van der Waals surface area contributed by atoms with Crippen molar-refractivity contribution in [2.45, 2.75) is 126 Å². The number of nitrogens with zero attached hydrogens (tertiary/aromatic N) is 4. The van der Waals surface area contributed by atoms with Crippen LogP contribution in [0.3, 0.4) is 0 Å². The molecule has 1 unspecified atom stereocenters. The Balaban J connectivity index is 0.000000296. The number of rotatable bonds is 10. The van der Waals surface area contributed by atoms with Crippen molar-refractivity contribution < 1.29 is 36.7 Å². The number of halogens is 4. The summed E-state index contributed by atoms with van der Waals surface area (Å²) in [5.41, 5.74) is 16.4. The molecule has 2 aliphatic heterocycles. The summed E-state index contributed by atoms with van der Waals surface area (Å²) in [6, 6.07) is 13.3. The summed E-state index contributed by atoms with van der Waals surface area (Å²) in [5, 5.41) is 7.75. The zero-order valence-corrected chi connectivity index (χ0v) is 42.5. The Hall–Kier alpha value is -5.57. The minimum Gasteiger partial charge on any atom is -0.444 e. The molecule has 0 aliphatic carbocycles. The number of thioether (sulfide) groups is 2. The molecule has 3 amide bonds. The minimum absolute atomic E-state index is 0.0105. The number of amidine groups is 2. The Morgan fingerprint density at radius 2 is 1.07 bits per heavy atom. The number of aliphatic imine (C=N–C) groups is 2. The van der Waals surface area contributed by atoms with Gasteiger partial charge in [-0.05, 0) is 149 Å². The van der Waals surface area contributed by atoms with Gasteiger partial charge in [0.15, 0.2) is 0 Å². The molecule has 2 aromatic carbocycles. The second kappa shape index (κ2) is 22.9. The highest BCUT2D eigenvalue weighted by Gasteiger charge is 2.49. The fraction of sp³-hybridized carbons (Fsp3) is 0.449. The van der Waals surface area contributed by atoms with Gasteiger partial charge in [0.2, 0.25) is 0 Å². The summed E-state index contributed by atoms with van der Waals surface area (Å²) >= 11 is 3.14. The monoisotopic (exact) mass is 996 g/mol. The Labute approximate surface area is 410 Å². The molecular formula is C49H64F4N10O4S2. The van der Waals surface area contributed by atoms with Crippen LogP contribution in [0, 0.1) is 23.3 Å². The fourth-order valence-corrected chi connectivity index (χ4v) is 10.5. The molecule has 6 rings (SSSR count). The zero-order valence-electron chi connectivity index (χ0n) is 40.9. The van der Waals surface area contributed by atoms with Crippen molar-refractivity contribution in [1.29, 1.82) is 0 Å². The number of ether oxygens (including phenoxy) is 1. The van der Waals surface area contributed by atoms with Crippen LogP contribution < -0.4 is 33.2 Å². The van der Waals surface area contributed by atoms with Crippen LogP contribution in [0.4, 0.5) is 33.7 Å². The minimum atomic E-state index is -1.14. The SMILES string of the molecule is CC.CC(C)(C)OC(=O)NC1=N[C@](C)(c2cc(NC(=O)c3ccc(F)cn3)ccc2F)[C@H](CCN)SC1(C)C.CC1(C)SC(CCN)[C@@](C)(c2cc(NC(=O)c3ccc(F)cn3)ccc2F)N=C1N. The van der Waals surface area contributed by atoms with Crippen molar-refractivity contribution in [3.63, 3.8) is 0 Å². The molecule has 69 heavy (non-hydrogen) atoms. The molecule has 2 aliphatic rings. The molecule has 0 spiro atoms. The van der Waals surface area contributed by atoms with Gasteiger partial charge in [0, 0.05) is 33.0 Å². The average Bonchev–Trinajstić information content (AvgIpc) is 3.26. The third kappa shape index (κ3) is 14.0. The lowest BCUT2D eigenvalue weighted by molar-refractivity contribution is 0.0560. The van der Waals surface area contributed by atoms with Gasteiger partial charge in [0.25, 0.3) is 11.8 Å². The van der Waals surface area contributed by atoms with Gasteiger partial charge < -0.3 is 32.6 Å². The van der Waals surface area contributed by atoms with Crippen molar-refractivity contribution in [3.8, 4) is 0 Å². The second-order valence-electron chi connectivity index (χ2n) is 18.3. The van der Waals surface area contributed by atoms with Crippen LogP contribution in [0.5, 0.6) is 0 Å². The Bertz CT molecular complexity index is 2520.